The van der Waals surface area contributed by atoms with Gasteiger partial charge in [0.1, 0.15) is 12.4 Å². The minimum atomic E-state index is -0.219. The van der Waals surface area contributed by atoms with Crippen LogP contribution in [-0.2, 0) is 19.6 Å². The Bertz CT molecular complexity index is 914. The predicted molar refractivity (Wildman–Crippen MR) is 113 cm³/mol. The molecular formula is C23H25FN4O. The van der Waals surface area contributed by atoms with E-state index in [-0.39, 0.29) is 5.82 Å². The Labute approximate surface area is 170 Å². The molecule has 3 rings (SSSR count). The van der Waals surface area contributed by atoms with Gasteiger partial charge in [0.15, 0.2) is 5.96 Å². The number of rotatable bonds is 8. The van der Waals surface area contributed by atoms with Gasteiger partial charge in [-0.15, -0.1) is 0 Å². The third-order valence-electron chi connectivity index (χ3n) is 4.33. The molecule has 1 heterocycles. The number of aliphatic imine (C=N–C) groups is 1. The van der Waals surface area contributed by atoms with E-state index in [4.69, 9.17) is 4.74 Å². The Morgan fingerprint density at radius 3 is 2.52 bits per heavy atom. The number of hydrogen-bond acceptors (Lipinski definition) is 3. The Kier molecular flexibility index (Phi) is 7.57. The summed E-state index contributed by atoms with van der Waals surface area (Å²) in [5.41, 5.74) is 3.22. The zero-order valence-corrected chi connectivity index (χ0v) is 16.4. The molecule has 0 fully saturated rings. The van der Waals surface area contributed by atoms with Crippen molar-refractivity contribution in [2.75, 3.05) is 13.6 Å². The topological polar surface area (TPSA) is 58.5 Å². The van der Waals surface area contributed by atoms with Gasteiger partial charge < -0.3 is 15.4 Å². The molecule has 0 saturated heterocycles. The lowest BCUT2D eigenvalue weighted by Crippen LogP contribution is -2.37. The largest absolute Gasteiger partial charge is 0.473 e. The number of hydrogen-bond donors (Lipinski definition) is 2. The Balaban J connectivity index is 1.44. The van der Waals surface area contributed by atoms with Crippen LogP contribution in [0.15, 0.2) is 77.9 Å². The highest BCUT2D eigenvalue weighted by atomic mass is 19.1. The molecule has 0 radical (unpaired) electrons. The maximum absolute atomic E-state index is 13.0. The molecule has 3 aromatic rings. The van der Waals surface area contributed by atoms with E-state index in [1.165, 1.54) is 12.1 Å². The predicted octanol–water partition coefficient (Wildman–Crippen LogP) is 3.71. The summed E-state index contributed by atoms with van der Waals surface area (Å²) in [5, 5.41) is 6.54. The molecule has 0 saturated carbocycles. The number of aromatic nitrogens is 1. The highest BCUT2D eigenvalue weighted by molar-refractivity contribution is 5.79. The van der Waals surface area contributed by atoms with Crippen LogP contribution in [0.4, 0.5) is 4.39 Å². The molecule has 6 heteroatoms. The van der Waals surface area contributed by atoms with Crippen molar-refractivity contribution in [1.29, 1.82) is 0 Å². The lowest BCUT2D eigenvalue weighted by atomic mass is 10.1. The molecule has 2 aromatic carbocycles. The van der Waals surface area contributed by atoms with Crippen molar-refractivity contribution in [3.8, 4) is 5.88 Å². The van der Waals surface area contributed by atoms with Gasteiger partial charge in [-0.1, -0.05) is 42.5 Å². The third kappa shape index (κ3) is 6.92. The van der Waals surface area contributed by atoms with Gasteiger partial charge >= 0.3 is 0 Å². The second-order valence-electron chi connectivity index (χ2n) is 6.51. The van der Waals surface area contributed by atoms with Gasteiger partial charge in [-0.2, -0.15) is 0 Å². The molecule has 2 N–H and O–H groups in total. The van der Waals surface area contributed by atoms with Crippen molar-refractivity contribution in [2.45, 2.75) is 19.6 Å². The zero-order valence-electron chi connectivity index (χ0n) is 16.4. The molecule has 29 heavy (non-hydrogen) atoms. The van der Waals surface area contributed by atoms with Crippen LogP contribution in [-0.4, -0.2) is 24.5 Å². The molecule has 5 nitrogen and oxygen atoms in total. The van der Waals surface area contributed by atoms with Gasteiger partial charge in [-0.25, -0.2) is 9.37 Å². The number of ether oxygens (including phenoxy) is 1. The van der Waals surface area contributed by atoms with Crippen LogP contribution in [0, 0.1) is 5.82 Å². The normalized spacial score (nSPS) is 11.2. The van der Waals surface area contributed by atoms with Crippen LogP contribution in [0.5, 0.6) is 5.88 Å². The van der Waals surface area contributed by atoms with Gasteiger partial charge in [0.05, 0.1) is 0 Å². The van der Waals surface area contributed by atoms with Crippen LogP contribution in [0.25, 0.3) is 0 Å². The van der Waals surface area contributed by atoms with Gasteiger partial charge in [0.25, 0.3) is 0 Å². The summed E-state index contributed by atoms with van der Waals surface area (Å²) in [6, 6.07) is 20.4. The molecule has 0 aliphatic rings. The summed E-state index contributed by atoms with van der Waals surface area (Å²) >= 11 is 0. The van der Waals surface area contributed by atoms with Crippen molar-refractivity contribution in [3.63, 3.8) is 0 Å². The van der Waals surface area contributed by atoms with E-state index in [0.29, 0.717) is 31.5 Å². The number of pyridine rings is 1. The smallest absolute Gasteiger partial charge is 0.213 e. The number of halogens is 1. The molecule has 0 amide bonds. The van der Waals surface area contributed by atoms with E-state index in [0.717, 1.165) is 23.1 Å². The van der Waals surface area contributed by atoms with Gasteiger partial charge in [0, 0.05) is 32.4 Å². The summed E-state index contributed by atoms with van der Waals surface area (Å²) in [7, 11) is 1.73. The molecule has 0 bridgehead atoms. The lowest BCUT2D eigenvalue weighted by Gasteiger charge is -2.12. The molecule has 0 aliphatic carbocycles. The van der Waals surface area contributed by atoms with Gasteiger partial charge in [0.2, 0.25) is 5.88 Å². The monoisotopic (exact) mass is 392 g/mol. The Morgan fingerprint density at radius 1 is 0.966 bits per heavy atom. The Morgan fingerprint density at radius 2 is 1.76 bits per heavy atom. The van der Waals surface area contributed by atoms with Crippen LogP contribution in [0.1, 0.15) is 16.7 Å². The minimum absolute atomic E-state index is 0.219. The van der Waals surface area contributed by atoms with Crippen molar-refractivity contribution in [3.05, 3.63) is 95.4 Å². The zero-order chi connectivity index (χ0) is 20.3. The second-order valence-corrected chi connectivity index (χ2v) is 6.51. The minimum Gasteiger partial charge on any atom is -0.473 e. The number of nitrogens with one attached hydrogen (secondary N) is 2. The summed E-state index contributed by atoms with van der Waals surface area (Å²) in [6.45, 7) is 1.78. The first-order valence-corrected chi connectivity index (χ1v) is 9.53. The summed E-state index contributed by atoms with van der Waals surface area (Å²) < 4.78 is 18.7. The lowest BCUT2D eigenvalue weighted by molar-refractivity contribution is 0.293. The van der Waals surface area contributed by atoms with Gasteiger partial charge in [-0.05, 0) is 41.3 Å². The molecule has 0 aliphatic heterocycles. The van der Waals surface area contributed by atoms with Gasteiger partial charge in [-0.3, -0.25) is 4.99 Å². The average Bonchev–Trinajstić information content (AvgIpc) is 2.77. The fourth-order valence-electron chi connectivity index (χ4n) is 2.75. The summed E-state index contributed by atoms with van der Waals surface area (Å²) in [4.78, 5) is 8.50. The molecule has 0 atom stereocenters. The third-order valence-corrected chi connectivity index (χ3v) is 4.33. The standard InChI is InChI=1S/C23H25FN4O/c1-25-23(27-14-11-18-7-9-21(24)10-8-18)28-16-20-12-13-26-22(15-20)29-17-19-5-3-2-4-6-19/h2-10,12-13,15H,11,14,16-17H2,1H3,(H2,25,27,28). The molecule has 1 aromatic heterocycles. The maximum atomic E-state index is 13.0. The highest BCUT2D eigenvalue weighted by Crippen LogP contribution is 2.11. The highest BCUT2D eigenvalue weighted by Gasteiger charge is 2.02. The molecular weight excluding hydrogens is 367 g/mol. The van der Waals surface area contributed by atoms with Crippen molar-refractivity contribution in [1.82, 2.24) is 15.6 Å². The summed E-state index contributed by atoms with van der Waals surface area (Å²) in [5.74, 6) is 1.08. The van der Waals surface area contributed by atoms with Crippen molar-refractivity contribution in [2.24, 2.45) is 4.99 Å². The van der Waals surface area contributed by atoms with E-state index >= 15 is 0 Å². The molecule has 0 spiro atoms. The fourth-order valence-corrected chi connectivity index (χ4v) is 2.75. The van der Waals surface area contributed by atoms with E-state index < -0.39 is 0 Å². The van der Waals surface area contributed by atoms with Crippen molar-refractivity contribution < 1.29 is 9.13 Å². The average molecular weight is 392 g/mol. The van der Waals surface area contributed by atoms with Crippen molar-refractivity contribution >= 4 is 5.96 Å². The SMILES string of the molecule is CN=C(NCCc1ccc(F)cc1)NCc1ccnc(OCc2ccccc2)c1. The molecule has 150 valence electrons. The fraction of sp³-hybridized carbons (Fsp3) is 0.217. The first-order chi connectivity index (χ1) is 14.2. The first-order valence-electron chi connectivity index (χ1n) is 9.53. The number of nitrogens with zero attached hydrogens (tertiary/aromatic N) is 2. The Hall–Kier alpha value is -3.41. The van der Waals surface area contributed by atoms with E-state index in [9.17, 15) is 4.39 Å². The maximum Gasteiger partial charge on any atom is 0.213 e. The van der Waals surface area contributed by atoms with Crippen LogP contribution >= 0.6 is 0 Å². The number of guanidine groups is 1. The van der Waals surface area contributed by atoms with E-state index in [2.05, 4.69) is 20.6 Å². The van der Waals surface area contributed by atoms with E-state index in [1.54, 1.807) is 25.4 Å². The summed E-state index contributed by atoms with van der Waals surface area (Å²) in [6.07, 6.45) is 2.52. The first kappa shape index (κ1) is 20.3. The van der Waals surface area contributed by atoms with E-state index in [1.807, 2.05) is 42.5 Å². The van der Waals surface area contributed by atoms with Crippen LogP contribution < -0.4 is 15.4 Å². The van der Waals surface area contributed by atoms with Crippen LogP contribution in [0.3, 0.4) is 0 Å². The number of benzene rings is 2. The molecule has 0 unspecified atom stereocenters. The quantitative estimate of drug-likeness (QED) is 0.453. The van der Waals surface area contributed by atoms with Crippen LogP contribution in [0.2, 0.25) is 0 Å². The second kappa shape index (κ2) is 10.8.